The van der Waals surface area contributed by atoms with E-state index in [1.165, 1.54) is 40.8 Å². The monoisotopic (exact) mass is 296 g/mol. The average Bonchev–Trinajstić information content (AvgIpc) is 2.31. The highest BCUT2D eigenvalue weighted by Gasteiger charge is 2.25. The normalized spacial score (nSPS) is 19.4. The van der Waals surface area contributed by atoms with Crippen LogP contribution in [0.5, 0.6) is 0 Å². The van der Waals surface area contributed by atoms with E-state index in [1.54, 1.807) is 0 Å². The van der Waals surface area contributed by atoms with Crippen LogP contribution in [0.25, 0.3) is 0 Å². The molecule has 2 rings (SSSR count). The highest BCUT2D eigenvalue weighted by molar-refractivity contribution is 9.10. The number of para-hydroxylation sites is 1. The molecule has 87 valence electrons. The standard InChI is InChI=1S/C13H19BrNSi/c1-3-16(4-2)11-8-10-6-5-7-12(14)13(10)15-9-11/h5-7,11,15H,3-4,8-9H2,1-2H3/t11-/m1/s1. The van der Waals surface area contributed by atoms with Crippen molar-refractivity contribution in [3.63, 3.8) is 0 Å². The molecule has 0 spiro atoms. The molecule has 1 nitrogen and oxygen atoms in total. The number of fused-ring (bicyclic) bond motifs is 1. The summed E-state index contributed by atoms with van der Waals surface area (Å²) >= 11 is 3.62. The van der Waals surface area contributed by atoms with Gasteiger partial charge >= 0.3 is 0 Å². The lowest BCUT2D eigenvalue weighted by Crippen LogP contribution is -2.30. The molecule has 1 aromatic rings. The van der Waals surface area contributed by atoms with E-state index in [0.29, 0.717) is 0 Å². The summed E-state index contributed by atoms with van der Waals surface area (Å²) in [5, 5.41) is 3.61. The van der Waals surface area contributed by atoms with Gasteiger partial charge in [0, 0.05) is 11.0 Å². The summed E-state index contributed by atoms with van der Waals surface area (Å²) in [5.41, 5.74) is 3.73. The molecule has 1 atom stereocenters. The van der Waals surface area contributed by atoms with Gasteiger partial charge in [-0.05, 0) is 39.5 Å². The maximum absolute atomic E-state index is 3.62. The summed E-state index contributed by atoms with van der Waals surface area (Å²) in [5.74, 6) is 0. The Kier molecular flexibility index (Phi) is 4.09. The summed E-state index contributed by atoms with van der Waals surface area (Å²) in [6, 6.07) is 9.34. The smallest absolute Gasteiger partial charge is 0.0530 e. The number of anilines is 1. The zero-order valence-corrected chi connectivity index (χ0v) is 12.6. The van der Waals surface area contributed by atoms with Crippen LogP contribution in [0.15, 0.2) is 22.7 Å². The molecule has 16 heavy (non-hydrogen) atoms. The quantitative estimate of drug-likeness (QED) is 0.819. The second-order valence-corrected chi connectivity index (χ2v) is 8.82. The van der Waals surface area contributed by atoms with E-state index >= 15 is 0 Å². The summed E-state index contributed by atoms with van der Waals surface area (Å²) < 4.78 is 1.21. The SMILES string of the molecule is CC[Si](CC)[C@H]1CNc2c(Br)cccc2C1. The lowest BCUT2D eigenvalue weighted by molar-refractivity contribution is 0.795. The maximum atomic E-state index is 3.62. The van der Waals surface area contributed by atoms with Crippen LogP contribution in [-0.4, -0.2) is 15.3 Å². The second kappa shape index (κ2) is 5.37. The van der Waals surface area contributed by atoms with Crippen molar-refractivity contribution in [3.05, 3.63) is 28.2 Å². The summed E-state index contributed by atoms with van der Waals surface area (Å²) in [4.78, 5) is 0. The Morgan fingerprint density at radius 2 is 2.12 bits per heavy atom. The van der Waals surface area contributed by atoms with Gasteiger partial charge in [0.1, 0.15) is 0 Å². The Balaban J connectivity index is 2.17. The van der Waals surface area contributed by atoms with Gasteiger partial charge in [0.2, 0.25) is 0 Å². The number of benzene rings is 1. The van der Waals surface area contributed by atoms with Crippen molar-refractivity contribution in [2.45, 2.75) is 37.9 Å². The van der Waals surface area contributed by atoms with Gasteiger partial charge in [-0.2, -0.15) is 0 Å². The van der Waals surface area contributed by atoms with Crippen molar-refractivity contribution in [1.82, 2.24) is 0 Å². The fraction of sp³-hybridized carbons (Fsp3) is 0.538. The van der Waals surface area contributed by atoms with E-state index in [-0.39, 0.29) is 8.80 Å². The van der Waals surface area contributed by atoms with E-state index in [0.717, 1.165) is 5.54 Å². The van der Waals surface area contributed by atoms with Gasteiger partial charge in [-0.1, -0.05) is 38.1 Å². The van der Waals surface area contributed by atoms with Crippen molar-refractivity contribution in [2.75, 3.05) is 11.9 Å². The average molecular weight is 297 g/mol. The Hall–Kier alpha value is -0.283. The molecule has 1 N–H and O–H groups in total. The van der Waals surface area contributed by atoms with E-state index in [4.69, 9.17) is 0 Å². The molecule has 0 saturated heterocycles. The Labute approximate surface area is 108 Å². The van der Waals surface area contributed by atoms with Crippen LogP contribution in [0.2, 0.25) is 17.6 Å². The predicted molar refractivity (Wildman–Crippen MR) is 76.8 cm³/mol. The molecule has 0 aromatic heterocycles. The Morgan fingerprint density at radius 1 is 1.38 bits per heavy atom. The molecule has 3 heteroatoms. The van der Waals surface area contributed by atoms with E-state index in [1.807, 2.05) is 0 Å². The van der Waals surface area contributed by atoms with Gasteiger partial charge in [0.25, 0.3) is 0 Å². The molecule has 0 fully saturated rings. The molecule has 0 bridgehead atoms. The molecule has 1 aliphatic heterocycles. The van der Waals surface area contributed by atoms with Crippen LogP contribution < -0.4 is 5.32 Å². The lowest BCUT2D eigenvalue weighted by Gasteiger charge is -2.31. The Bertz CT molecular complexity index is 363. The minimum absolute atomic E-state index is 0.156. The zero-order chi connectivity index (χ0) is 11.5. The van der Waals surface area contributed by atoms with Gasteiger partial charge in [-0.25, -0.2) is 0 Å². The van der Waals surface area contributed by atoms with Crippen molar-refractivity contribution in [2.24, 2.45) is 0 Å². The van der Waals surface area contributed by atoms with Crippen molar-refractivity contribution >= 4 is 30.4 Å². The first-order valence-electron chi connectivity index (χ1n) is 6.12. The van der Waals surface area contributed by atoms with E-state index in [2.05, 4.69) is 53.3 Å². The molecule has 1 aromatic carbocycles. The fourth-order valence-corrected chi connectivity index (χ4v) is 5.72. The molecule has 0 saturated carbocycles. The molecule has 0 aliphatic carbocycles. The Morgan fingerprint density at radius 3 is 2.81 bits per heavy atom. The predicted octanol–water partition coefficient (Wildman–Crippen LogP) is 4.32. The van der Waals surface area contributed by atoms with Gasteiger partial charge in [-0.3, -0.25) is 0 Å². The van der Waals surface area contributed by atoms with E-state index in [9.17, 15) is 0 Å². The van der Waals surface area contributed by atoms with Crippen LogP contribution >= 0.6 is 15.9 Å². The van der Waals surface area contributed by atoms with Gasteiger partial charge in [-0.15, -0.1) is 0 Å². The highest BCUT2D eigenvalue weighted by Crippen LogP contribution is 2.35. The highest BCUT2D eigenvalue weighted by atomic mass is 79.9. The molecular formula is C13H19BrNSi. The maximum Gasteiger partial charge on any atom is 0.0530 e. The molecular weight excluding hydrogens is 278 g/mol. The molecule has 1 heterocycles. The van der Waals surface area contributed by atoms with Crippen LogP contribution in [0, 0.1) is 0 Å². The lowest BCUT2D eigenvalue weighted by atomic mass is 10.0. The second-order valence-electron chi connectivity index (χ2n) is 4.42. The summed E-state index contributed by atoms with van der Waals surface area (Å²) in [6.45, 7) is 5.88. The van der Waals surface area contributed by atoms with E-state index < -0.39 is 0 Å². The van der Waals surface area contributed by atoms with Crippen LogP contribution in [0.3, 0.4) is 0 Å². The zero-order valence-electron chi connectivity index (χ0n) is 10.0. The van der Waals surface area contributed by atoms with Gasteiger partial charge in [0.15, 0.2) is 0 Å². The first kappa shape index (κ1) is 12.2. The first-order chi connectivity index (χ1) is 7.76. The van der Waals surface area contributed by atoms with Gasteiger partial charge in [0.05, 0.1) is 14.5 Å². The van der Waals surface area contributed by atoms with Crippen LogP contribution in [0.4, 0.5) is 5.69 Å². The van der Waals surface area contributed by atoms with Gasteiger partial charge < -0.3 is 5.32 Å². The fourth-order valence-electron chi connectivity index (χ4n) is 2.62. The number of halogens is 1. The number of nitrogens with one attached hydrogen (secondary N) is 1. The molecule has 0 unspecified atom stereocenters. The number of rotatable bonds is 3. The summed E-state index contributed by atoms with van der Waals surface area (Å²) in [7, 11) is -0.156. The van der Waals surface area contributed by atoms with Crippen molar-refractivity contribution < 1.29 is 0 Å². The molecule has 1 radical (unpaired) electrons. The van der Waals surface area contributed by atoms with Crippen LogP contribution in [-0.2, 0) is 6.42 Å². The minimum Gasteiger partial charge on any atom is -0.384 e. The molecule has 0 amide bonds. The van der Waals surface area contributed by atoms with Crippen molar-refractivity contribution in [1.29, 1.82) is 0 Å². The third-order valence-corrected chi connectivity index (χ3v) is 7.62. The third kappa shape index (κ3) is 2.35. The summed E-state index contributed by atoms with van der Waals surface area (Å²) in [6.07, 6.45) is 1.28. The van der Waals surface area contributed by atoms with Crippen LogP contribution in [0.1, 0.15) is 19.4 Å². The topological polar surface area (TPSA) is 12.0 Å². The van der Waals surface area contributed by atoms with Crippen molar-refractivity contribution in [3.8, 4) is 0 Å². The number of hydrogen-bond acceptors (Lipinski definition) is 1. The number of hydrogen-bond donors (Lipinski definition) is 1. The largest absolute Gasteiger partial charge is 0.384 e. The molecule has 1 aliphatic rings. The first-order valence-corrected chi connectivity index (χ1v) is 8.90. The third-order valence-electron chi connectivity index (χ3n) is 3.58. The minimum atomic E-state index is -0.156.